The van der Waals surface area contributed by atoms with Crippen LogP contribution in [-0.2, 0) is 14.8 Å². The Morgan fingerprint density at radius 2 is 1.82 bits per heavy atom. The van der Waals surface area contributed by atoms with Crippen LogP contribution in [0, 0.1) is 6.92 Å². The van der Waals surface area contributed by atoms with E-state index in [0.717, 1.165) is 24.3 Å². The third-order valence-corrected chi connectivity index (χ3v) is 5.78. The number of nitrogens with one attached hydrogen (secondary N) is 3. The largest absolute Gasteiger partial charge is 0.573 e. The molecule has 3 rings (SSSR count). The van der Waals surface area contributed by atoms with Gasteiger partial charge in [-0.05, 0) is 43.3 Å². The lowest BCUT2D eigenvalue weighted by atomic mass is 10.2. The summed E-state index contributed by atoms with van der Waals surface area (Å²) in [6, 6.07) is 11.6. The fourth-order valence-electron chi connectivity index (χ4n) is 2.89. The summed E-state index contributed by atoms with van der Waals surface area (Å²) >= 11 is 0. The van der Waals surface area contributed by atoms with Gasteiger partial charge in [0.1, 0.15) is 11.6 Å². The molecule has 3 N–H and O–H groups in total. The summed E-state index contributed by atoms with van der Waals surface area (Å²) in [4.78, 5) is 30.4. The zero-order chi connectivity index (χ0) is 24.9. The van der Waals surface area contributed by atoms with Gasteiger partial charge in [-0.15, -0.1) is 13.2 Å². The van der Waals surface area contributed by atoms with Gasteiger partial charge in [-0.1, -0.05) is 12.1 Å². The number of carbonyl (C=O) groups is 1. The molecule has 0 radical (unpaired) electrons. The zero-order valence-electron chi connectivity index (χ0n) is 17.6. The second-order valence-corrected chi connectivity index (χ2v) is 8.80. The lowest BCUT2D eigenvalue weighted by Crippen LogP contribution is -2.27. The van der Waals surface area contributed by atoms with Crippen LogP contribution in [0.3, 0.4) is 0 Å². The Bertz CT molecular complexity index is 1340. The highest BCUT2D eigenvalue weighted by molar-refractivity contribution is 7.89. The lowest BCUT2D eigenvalue weighted by molar-refractivity contribution is -0.274. The molecular weight excluding hydrogens is 477 g/mol. The minimum atomic E-state index is -4.89. The van der Waals surface area contributed by atoms with Gasteiger partial charge in [0.05, 0.1) is 4.90 Å². The number of carbonyl (C=O) groups excluding carboxylic acids is 1. The lowest BCUT2D eigenvalue weighted by Gasteiger charge is -2.10. The maximum absolute atomic E-state index is 12.3. The van der Waals surface area contributed by atoms with E-state index < -0.39 is 28.0 Å². The van der Waals surface area contributed by atoms with Gasteiger partial charge in [0.2, 0.25) is 15.9 Å². The zero-order valence-corrected chi connectivity index (χ0v) is 18.5. The van der Waals surface area contributed by atoms with E-state index in [-0.39, 0.29) is 23.4 Å². The Morgan fingerprint density at radius 1 is 1.12 bits per heavy atom. The first-order valence-corrected chi connectivity index (χ1v) is 11.2. The normalized spacial score (nSPS) is 11.8. The van der Waals surface area contributed by atoms with Gasteiger partial charge in [0, 0.05) is 36.0 Å². The molecule has 180 valence electrons. The molecule has 0 saturated heterocycles. The number of hydrogen-bond acceptors (Lipinski definition) is 6. The number of amides is 1. The van der Waals surface area contributed by atoms with Crippen LogP contribution in [0.4, 0.5) is 18.9 Å². The van der Waals surface area contributed by atoms with Crippen molar-refractivity contribution in [2.45, 2.75) is 24.6 Å². The van der Waals surface area contributed by atoms with Gasteiger partial charge in [0.25, 0.3) is 5.56 Å². The average Bonchev–Trinajstić information content (AvgIpc) is 2.72. The van der Waals surface area contributed by atoms with Gasteiger partial charge in [-0.3, -0.25) is 9.59 Å². The Balaban J connectivity index is 1.56. The standard InChI is InChI=1S/C21H19F3N4O5S/c1-13-11-19(30)28-20(26-13)14-3-2-4-15(12-14)27-18(29)9-10-25-34(31,32)17-7-5-16(6-8-17)33-21(22,23)24/h2-8,11-12,25H,9-10H2,1H3,(H,27,29)(H,26,28,30). The number of halogens is 3. The van der Waals surface area contributed by atoms with Gasteiger partial charge >= 0.3 is 6.36 Å². The second kappa shape index (κ2) is 10.1. The molecule has 9 nitrogen and oxygen atoms in total. The molecule has 0 bridgehead atoms. The highest BCUT2D eigenvalue weighted by atomic mass is 32.2. The predicted molar refractivity (Wildman–Crippen MR) is 117 cm³/mol. The summed E-state index contributed by atoms with van der Waals surface area (Å²) in [6.07, 6.45) is -5.10. The maximum Gasteiger partial charge on any atom is 0.573 e. The molecule has 0 aliphatic heterocycles. The maximum atomic E-state index is 12.3. The van der Waals surface area contributed by atoms with Crippen molar-refractivity contribution in [2.24, 2.45) is 0 Å². The summed E-state index contributed by atoms with van der Waals surface area (Å²) < 4.78 is 67.1. The number of alkyl halides is 3. The summed E-state index contributed by atoms with van der Waals surface area (Å²) in [7, 11) is -4.05. The van der Waals surface area contributed by atoms with Gasteiger partial charge in [-0.25, -0.2) is 18.1 Å². The van der Waals surface area contributed by atoms with E-state index in [4.69, 9.17) is 0 Å². The molecule has 0 spiro atoms. The monoisotopic (exact) mass is 496 g/mol. The number of nitrogens with zero attached hydrogens (tertiary/aromatic N) is 1. The molecule has 34 heavy (non-hydrogen) atoms. The van der Waals surface area contributed by atoms with Crippen molar-refractivity contribution in [3.05, 3.63) is 70.6 Å². The van der Waals surface area contributed by atoms with Crippen molar-refractivity contribution < 1.29 is 31.1 Å². The first kappa shape index (κ1) is 24.9. The molecule has 1 heterocycles. The minimum absolute atomic E-state index is 0.210. The molecule has 0 aliphatic carbocycles. The van der Waals surface area contributed by atoms with E-state index in [1.165, 1.54) is 6.07 Å². The number of benzene rings is 2. The highest BCUT2D eigenvalue weighted by Crippen LogP contribution is 2.24. The molecule has 0 saturated carbocycles. The third kappa shape index (κ3) is 7.15. The van der Waals surface area contributed by atoms with Crippen LogP contribution in [0.1, 0.15) is 12.1 Å². The second-order valence-electron chi connectivity index (χ2n) is 7.03. The molecular formula is C21H19F3N4O5S. The summed E-state index contributed by atoms with van der Waals surface area (Å²) in [5.74, 6) is -0.710. The Hall–Kier alpha value is -3.71. The van der Waals surface area contributed by atoms with E-state index >= 15 is 0 Å². The fraction of sp³-hybridized carbons (Fsp3) is 0.190. The Kier molecular flexibility index (Phi) is 7.37. The van der Waals surface area contributed by atoms with Crippen LogP contribution in [0.2, 0.25) is 0 Å². The number of aryl methyl sites for hydroxylation is 1. The molecule has 13 heteroatoms. The molecule has 0 fully saturated rings. The van der Waals surface area contributed by atoms with E-state index in [1.54, 1.807) is 31.2 Å². The molecule has 1 aromatic heterocycles. The first-order chi connectivity index (χ1) is 15.9. The SMILES string of the molecule is Cc1cc(=O)[nH]c(-c2cccc(NC(=O)CCNS(=O)(=O)c3ccc(OC(F)(F)F)cc3)c2)n1. The van der Waals surface area contributed by atoms with Crippen molar-refractivity contribution in [2.75, 3.05) is 11.9 Å². The van der Waals surface area contributed by atoms with Crippen LogP contribution in [0.5, 0.6) is 5.75 Å². The molecule has 0 aliphatic rings. The van der Waals surface area contributed by atoms with Crippen molar-refractivity contribution in [1.29, 1.82) is 0 Å². The van der Waals surface area contributed by atoms with E-state index in [2.05, 4.69) is 24.7 Å². The van der Waals surface area contributed by atoms with Crippen LogP contribution in [0.25, 0.3) is 11.4 Å². The van der Waals surface area contributed by atoms with Gasteiger partial charge < -0.3 is 15.0 Å². The summed E-state index contributed by atoms with van der Waals surface area (Å²) in [5, 5.41) is 2.62. The molecule has 3 aromatic rings. The number of rotatable bonds is 8. The number of aromatic nitrogens is 2. The fourth-order valence-corrected chi connectivity index (χ4v) is 3.92. The number of aromatic amines is 1. The van der Waals surface area contributed by atoms with Crippen LogP contribution >= 0.6 is 0 Å². The highest BCUT2D eigenvalue weighted by Gasteiger charge is 2.31. The predicted octanol–water partition coefficient (Wildman–Crippen LogP) is 2.95. The van der Waals surface area contributed by atoms with Crippen molar-refractivity contribution in [3.63, 3.8) is 0 Å². The van der Waals surface area contributed by atoms with Crippen molar-refractivity contribution in [1.82, 2.24) is 14.7 Å². The number of anilines is 1. The Morgan fingerprint density at radius 3 is 2.47 bits per heavy atom. The number of hydrogen-bond donors (Lipinski definition) is 3. The molecule has 2 aromatic carbocycles. The summed E-state index contributed by atoms with van der Waals surface area (Å²) in [6.45, 7) is 1.43. The van der Waals surface area contributed by atoms with Crippen LogP contribution in [-0.4, -0.2) is 37.2 Å². The van der Waals surface area contributed by atoms with E-state index in [0.29, 0.717) is 22.8 Å². The minimum Gasteiger partial charge on any atom is -0.406 e. The number of sulfonamides is 1. The van der Waals surface area contributed by atoms with Crippen molar-refractivity contribution in [3.8, 4) is 17.1 Å². The van der Waals surface area contributed by atoms with Crippen molar-refractivity contribution >= 4 is 21.6 Å². The van der Waals surface area contributed by atoms with Crippen LogP contribution in [0.15, 0.2) is 64.3 Å². The average molecular weight is 496 g/mol. The molecule has 0 unspecified atom stereocenters. The van der Waals surface area contributed by atoms with E-state index in [9.17, 15) is 31.2 Å². The van der Waals surface area contributed by atoms with E-state index in [1.807, 2.05) is 0 Å². The number of ether oxygens (including phenoxy) is 1. The Labute approximate surface area is 192 Å². The van der Waals surface area contributed by atoms with Gasteiger partial charge in [-0.2, -0.15) is 0 Å². The molecule has 0 atom stereocenters. The first-order valence-electron chi connectivity index (χ1n) is 9.75. The van der Waals surface area contributed by atoms with Crippen LogP contribution < -0.4 is 20.3 Å². The quantitative estimate of drug-likeness (QED) is 0.440. The van der Waals surface area contributed by atoms with Gasteiger partial charge in [0.15, 0.2) is 0 Å². The summed E-state index contributed by atoms with van der Waals surface area (Å²) in [5.41, 5.74) is 1.20. The smallest absolute Gasteiger partial charge is 0.406 e. The molecule has 1 amide bonds. The number of H-pyrrole nitrogens is 1. The third-order valence-electron chi connectivity index (χ3n) is 4.30. The topological polar surface area (TPSA) is 130 Å².